The molecule has 0 spiro atoms. The number of nitrogens with zero attached hydrogens (tertiary/aromatic N) is 2. The smallest absolute Gasteiger partial charge is 0.0550 e. The Morgan fingerprint density at radius 3 is 2.64 bits per heavy atom. The van der Waals surface area contributed by atoms with Crippen molar-refractivity contribution in [2.75, 3.05) is 19.6 Å². The van der Waals surface area contributed by atoms with Gasteiger partial charge in [0.15, 0.2) is 0 Å². The Kier molecular flexibility index (Phi) is 6.32. The highest BCUT2D eigenvalue weighted by Gasteiger charge is 2.20. The van der Waals surface area contributed by atoms with Crippen LogP contribution in [-0.4, -0.2) is 35.6 Å². The van der Waals surface area contributed by atoms with Gasteiger partial charge in [0.25, 0.3) is 0 Å². The zero-order valence-corrected chi connectivity index (χ0v) is 16.5. The average Bonchev–Trinajstić information content (AvgIpc) is 2.74. The predicted octanol–water partition coefficient (Wildman–Crippen LogP) is 3.49. The van der Waals surface area contributed by atoms with Crippen LogP contribution in [0.25, 0.3) is 10.8 Å². The zero-order valence-electron chi connectivity index (χ0n) is 16.5. The summed E-state index contributed by atoms with van der Waals surface area (Å²) in [5.41, 5.74) is 9.78. The van der Waals surface area contributed by atoms with Crippen molar-refractivity contribution in [3.8, 4) is 0 Å². The highest BCUT2D eigenvalue weighted by molar-refractivity contribution is 5.81. The number of nitrogens with two attached hydrogens (primary N) is 1. The lowest BCUT2D eigenvalue weighted by Crippen LogP contribution is -2.44. The van der Waals surface area contributed by atoms with E-state index in [0.29, 0.717) is 6.04 Å². The van der Waals surface area contributed by atoms with Gasteiger partial charge < -0.3 is 11.1 Å². The number of hydrogen-bond donors (Lipinski definition) is 2. The van der Waals surface area contributed by atoms with Gasteiger partial charge in [-0.3, -0.25) is 9.88 Å². The molecule has 0 saturated heterocycles. The Morgan fingerprint density at radius 1 is 1.00 bits per heavy atom. The summed E-state index contributed by atoms with van der Waals surface area (Å²) in [6.45, 7) is 4.71. The van der Waals surface area contributed by atoms with Crippen LogP contribution < -0.4 is 11.1 Å². The van der Waals surface area contributed by atoms with E-state index in [0.717, 1.165) is 57.7 Å². The quantitative estimate of drug-likeness (QED) is 0.593. The van der Waals surface area contributed by atoms with Crippen molar-refractivity contribution in [1.82, 2.24) is 15.2 Å². The molecule has 0 radical (unpaired) electrons. The second-order valence-electron chi connectivity index (χ2n) is 7.80. The van der Waals surface area contributed by atoms with Gasteiger partial charge in [0.2, 0.25) is 0 Å². The lowest BCUT2D eigenvalue weighted by molar-refractivity contribution is 0.222. The van der Waals surface area contributed by atoms with Crippen molar-refractivity contribution < 1.29 is 0 Å². The molecule has 0 saturated carbocycles. The summed E-state index contributed by atoms with van der Waals surface area (Å²) in [4.78, 5) is 7.26. The first-order valence-corrected chi connectivity index (χ1v) is 10.4. The van der Waals surface area contributed by atoms with Gasteiger partial charge in [-0.25, -0.2) is 0 Å². The first-order valence-electron chi connectivity index (χ1n) is 10.4. The molecule has 3 aromatic rings. The molecule has 4 heteroatoms. The minimum atomic E-state index is 0.480. The fourth-order valence-electron chi connectivity index (χ4n) is 4.12. The summed E-state index contributed by atoms with van der Waals surface area (Å²) < 4.78 is 0. The summed E-state index contributed by atoms with van der Waals surface area (Å²) in [6.07, 6.45) is 5.29. The second-order valence-corrected chi connectivity index (χ2v) is 7.80. The van der Waals surface area contributed by atoms with Gasteiger partial charge in [0.1, 0.15) is 0 Å². The van der Waals surface area contributed by atoms with Crippen LogP contribution in [0.15, 0.2) is 60.8 Å². The first-order chi connectivity index (χ1) is 13.8. The van der Waals surface area contributed by atoms with Crippen LogP contribution >= 0.6 is 0 Å². The molecule has 4 nitrogen and oxygen atoms in total. The van der Waals surface area contributed by atoms with E-state index >= 15 is 0 Å². The van der Waals surface area contributed by atoms with Gasteiger partial charge in [-0.15, -0.1) is 0 Å². The van der Waals surface area contributed by atoms with Gasteiger partial charge in [-0.05, 0) is 54.9 Å². The van der Waals surface area contributed by atoms with Gasteiger partial charge in [0.05, 0.1) is 5.69 Å². The molecule has 4 rings (SSSR count). The van der Waals surface area contributed by atoms with E-state index in [1.54, 1.807) is 0 Å². The van der Waals surface area contributed by atoms with E-state index in [1.807, 2.05) is 6.20 Å². The average molecular weight is 375 g/mol. The standard InChI is InChI=1S/C24H30N4/c25-11-5-6-12-28(17-23-13-19-7-1-3-9-21(19)15-26-23)18-24-14-20-8-2-4-10-22(20)16-27-24/h1-4,7-10,13,15,24,27H,5-6,11-12,14,16-18,25H2/t24-/m1/s1. The van der Waals surface area contributed by atoms with E-state index in [4.69, 9.17) is 10.7 Å². The second kappa shape index (κ2) is 9.28. The number of rotatable bonds is 8. The number of fused-ring (bicyclic) bond motifs is 2. The highest BCUT2D eigenvalue weighted by Crippen LogP contribution is 2.19. The lowest BCUT2D eigenvalue weighted by atomic mass is 9.95. The molecule has 1 aliphatic rings. The Labute approximate surface area is 167 Å². The third kappa shape index (κ3) is 4.76. The summed E-state index contributed by atoms with van der Waals surface area (Å²) in [6, 6.07) is 19.9. The predicted molar refractivity (Wildman–Crippen MR) is 116 cm³/mol. The number of pyridine rings is 1. The number of benzene rings is 2. The third-order valence-electron chi connectivity index (χ3n) is 5.65. The molecule has 0 bridgehead atoms. The molecule has 0 unspecified atom stereocenters. The SMILES string of the molecule is NCCCCN(Cc1cc2ccccc2cn1)C[C@H]1Cc2ccccc2CN1. The van der Waals surface area contributed by atoms with E-state index < -0.39 is 0 Å². The lowest BCUT2D eigenvalue weighted by Gasteiger charge is -2.31. The number of aromatic nitrogens is 1. The van der Waals surface area contributed by atoms with Crippen LogP contribution in [-0.2, 0) is 19.5 Å². The van der Waals surface area contributed by atoms with Gasteiger partial charge in [0, 0.05) is 37.3 Å². The van der Waals surface area contributed by atoms with Gasteiger partial charge >= 0.3 is 0 Å². The van der Waals surface area contributed by atoms with E-state index in [1.165, 1.54) is 21.9 Å². The molecule has 1 aliphatic heterocycles. The van der Waals surface area contributed by atoms with Crippen molar-refractivity contribution in [2.45, 2.75) is 38.4 Å². The topological polar surface area (TPSA) is 54.2 Å². The van der Waals surface area contributed by atoms with Crippen LogP contribution in [0.3, 0.4) is 0 Å². The summed E-state index contributed by atoms with van der Waals surface area (Å²) >= 11 is 0. The maximum absolute atomic E-state index is 5.72. The fourth-order valence-corrected chi connectivity index (χ4v) is 4.12. The fraction of sp³-hybridized carbons (Fsp3) is 0.375. The molecule has 146 valence electrons. The van der Waals surface area contributed by atoms with Gasteiger partial charge in [-0.2, -0.15) is 0 Å². The molecule has 1 atom stereocenters. The Bertz CT molecular complexity index is 908. The summed E-state index contributed by atoms with van der Waals surface area (Å²) in [5.74, 6) is 0. The molecule has 2 heterocycles. The molecule has 28 heavy (non-hydrogen) atoms. The molecule has 2 aromatic carbocycles. The zero-order chi connectivity index (χ0) is 19.2. The third-order valence-corrected chi connectivity index (χ3v) is 5.65. The molecule has 0 fully saturated rings. The Morgan fingerprint density at radius 2 is 1.79 bits per heavy atom. The molecular weight excluding hydrogens is 344 g/mol. The maximum Gasteiger partial charge on any atom is 0.0550 e. The van der Waals surface area contributed by atoms with Gasteiger partial charge in [-0.1, -0.05) is 48.5 Å². The van der Waals surface area contributed by atoms with Crippen LogP contribution in [0, 0.1) is 0 Å². The van der Waals surface area contributed by atoms with Crippen LogP contribution in [0.5, 0.6) is 0 Å². The van der Waals surface area contributed by atoms with E-state index in [-0.39, 0.29) is 0 Å². The molecular formula is C24H30N4. The molecule has 3 N–H and O–H groups in total. The van der Waals surface area contributed by atoms with E-state index in [2.05, 4.69) is 64.8 Å². The minimum absolute atomic E-state index is 0.480. The Hall–Kier alpha value is -2.27. The summed E-state index contributed by atoms with van der Waals surface area (Å²) in [5, 5.41) is 6.19. The Balaban J connectivity index is 1.45. The van der Waals surface area contributed by atoms with Crippen molar-refractivity contribution in [3.63, 3.8) is 0 Å². The monoisotopic (exact) mass is 374 g/mol. The van der Waals surface area contributed by atoms with Crippen molar-refractivity contribution in [1.29, 1.82) is 0 Å². The minimum Gasteiger partial charge on any atom is -0.330 e. The number of hydrogen-bond acceptors (Lipinski definition) is 4. The number of nitrogens with one attached hydrogen (secondary N) is 1. The molecule has 1 aromatic heterocycles. The number of unbranched alkanes of at least 4 members (excludes halogenated alkanes) is 1. The highest BCUT2D eigenvalue weighted by atomic mass is 15.2. The van der Waals surface area contributed by atoms with Crippen LogP contribution in [0.4, 0.5) is 0 Å². The first kappa shape index (κ1) is 19.1. The normalized spacial score (nSPS) is 16.4. The maximum atomic E-state index is 5.72. The molecule has 0 aliphatic carbocycles. The summed E-state index contributed by atoms with van der Waals surface area (Å²) in [7, 11) is 0. The van der Waals surface area contributed by atoms with E-state index in [9.17, 15) is 0 Å². The van der Waals surface area contributed by atoms with Crippen molar-refractivity contribution >= 4 is 10.8 Å². The van der Waals surface area contributed by atoms with Crippen molar-refractivity contribution in [2.24, 2.45) is 5.73 Å². The largest absolute Gasteiger partial charge is 0.330 e. The van der Waals surface area contributed by atoms with Crippen LogP contribution in [0.1, 0.15) is 29.7 Å². The van der Waals surface area contributed by atoms with Crippen molar-refractivity contribution in [3.05, 3.63) is 77.6 Å². The molecule has 0 amide bonds. The van der Waals surface area contributed by atoms with Crippen LogP contribution in [0.2, 0.25) is 0 Å².